The van der Waals surface area contributed by atoms with Crippen molar-refractivity contribution in [2.45, 2.75) is 44.7 Å². The van der Waals surface area contributed by atoms with Crippen molar-refractivity contribution in [2.24, 2.45) is 5.73 Å². The summed E-state index contributed by atoms with van der Waals surface area (Å²) in [6.45, 7) is 4.50. The molecule has 0 spiro atoms. The van der Waals surface area contributed by atoms with Crippen molar-refractivity contribution in [3.05, 3.63) is 77.9 Å². The first-order valence-corrected chi connectivity index (χ1v) is 12.8. The van der Waals surface area contributed by atoms with Crippen LogP contribution in [0.3, 0.4) is 0 Å². The van der Waals surface area contributed by atoms with Crippen molar-refractivity contribution in [3.63, 3.8) is 0 Å². The predicted octanol–water partition coefficient (Wildman–Crippen LogP) is 4.00. The maximum Gasteiger partial charge on any atom is 0.273 e. The van der Waals surface area contributed by atoms with E-state index in [2.05, 4.69) is 16.8 Å². The van der Waals surface area contributed by atoms with Gasteiger partial charge in [-0.3, -0.25) is 9.78 Å². The first-order chi connectivity index (χ1) is 17.6. The highest BCUT2D eigenvalue weighted by Crippen LogP contribution is 2.33. The van der Waals surface area contributed by atoms with Gasteiger partial charge in [-0.15, -0.1) is 0 Å². The van der Waals surface area contributed by atoms with Crippen LogP contribution in [0.1, 0.15) is 53.5 Å². The van der Waals surface area contributed by atoms with Crippen LogP contribution in [0.5, 0.6) is 0 Å². The van der Waals surface area contributed by atoms with Crippen molar-refractivity contribution in [1.29, 1.82) is 0 Å². The highest BCUT2D eigenvalue weighted by Gasteiger charge is 2.32. The first kappa shape index (κ1) is 22.7. The van der Waals surface area contributed by atoms with Gasteiger partial charge in [-0.2, -0.15) is 5.10 Å². The average Bonchev–Trinajstić information content (AvgIpc) is 3.54. The number of anilines is 1. The lowest BCUT2D eigenvalue weighted by atomic mass is 9.98. The topological polar surface area (TPSA) is 92.6 Å². The Hall–Kier alpha value is -3.78. The number of hydrogen-bond acceptors (Lipinski definition) is 6. The predicted molar refractivity (Wildman–Crippen MR) is 140 cm³/mol. The summed E-state index contributed by atoms with van der Waals surface area (Å²) >= 11 is 0. The van der Waals surface area contributed by atoms with E-state index >= 15 is 0 Å². The summed E-state index contributed by atoms with van der Waals surface area (Å²) in [5, 5.41) is 4.87. The molecule has 8 heteroatoms. The van der Waals surface area contributed by atoms with Gasteiger partial charge in [0.1, 0.15) is 11.5 Å². The number of benzene rings is 1. The Bertz CT molecular complexity index is 1400. The maximum absolute atomic E-state index is 13.7. The SMILES string of the molecule is Cc1cn2nc([C@@H]3CCCCN3C(=O)c3cc(-c4ccccc4)ccn3)cc2nc1N1CC[C@H](N)C1. The Morgan fingerprint density at radius 2 is 1.89 bits per heavy atom. The molecule has 1 amide bonds. The molecule has 5 heterocycles. The minimum Gasteiger partial charge on any atom is -0.355 e. The molecule has 0 aliphatic carbocycles. The lowest BCUT2D eigenvalue weighted by Crippen LogP contribution is -2.39. The Labute approximate surface area is 210 Å². The third kappa shape index (κ3) is 4.22. The molecule has 0 unspecified atom stereocenters. The number of hydrogen-bond donors (Lipinski definition) is 1. The number of fused-ring (bicyclic) bond motifs is 1. The number of aromatic nitrogens is 4. The van der Waals surface area contributed by atoms with Gasteiger partial charge in [0.15, 0.2) is 5.65 Å². The molecule has 36 heavy (non-hydrogen) atoms. The second-order valence-electron chi connectivity index (χ2n) is 9.92. The fraction of sp³-hybridized carbons (Fsp3) is 0.357. The van der Waals surface area contributed by atoms with E-state index in [0.29, 0.717) is 12.2 Å². The Kier molecular flexibility index (Phi) is 5.89. The molecule has 8 nitrogen and oxygen atoms in total. The normalized spacial score (nSPS) is 20.3. The van der Waals surface area contributed by atoms with Crippen molar-refractivity contribution in [1.82, 2.24) is 24.5 Å². The van der Waals surface area contributed by atoms with Crippen LogP contribution in [-0.2, 0) is 0 Å². The molecule has 4 aromatic rings. The summed E-state index contributed by atoms with van der Waals surface area (Å²) < 4.78 is 1.84. The molecule has 3 aromatic heterocycles. The van der Waals surface area contributed by atoms with Gasteiger partial charge in [0.05, 0.1) is 11.7 Å². The zero-order chi connectivity index (χ0) is 24.6. The van der Waals surface area contributed by atoms with Gasteiger partial charge >= 0.3 is 0 Å². The molecular formula is C28H31N7O. The molecule has 2 atom stereocenters. The zero-order valence-electron chi connectivity index (χ0n) is 20.5. The molecule has 184 valence electrons. The molecule has 0 bridgehead atoms. The van der Waals surface area contributed by atoms with E-state index in [1.165, 1.54) is 0 Å². The fourth-order valence-electron chi connectivity index (χ4n) is 5.47. The lowest BCUT2D eigenvalue weighted by Gasteiger charge is -2.34. The van der Waals surface area contributed by atoms with E-state index in [0.717, 1.165) is 72.6 Å². The van der Waals surface area contributed by atoms with Gasteiger partial charge in [-0.05, 0) is 55.9 Å². The summed E-state index contributed by atoms with van der Waals surface area (Å²) in [5.74, 6) is 0.922. The number of carbonyl (C=O) groups is 1. The second-order valence-corrected chi connectivity index (χ2v) is 9.92. The third-order valence-corrected chi connectivity index (χ3v) is 7.34. The Balaban J connectivity index is 1.30. The monoisotopic (exact) mass is 481 g/mol. The van der Waals surface area contributed by atoms with E-state index in [-0.39, 0.29) is 18.0 Å². The Morgan fingerprint density at radius 3 is 2.69 bits per heavy atom. The number of nitrogens with zero attached hydrogens (tertiary/aromatic N) is 6. The third-order valence-electron chi connectivity index (χ3n) is 7.34. The van der Waals surface area contributed by atoms with Gasteiger partial charge in [-0.25, -0.2) is 9.50 Å². The van der Waals surface area contributed by atoms with Crippen LogP contribution in [-0.4, -0.2) is 56.1 Å². The standard InChI is InChI=1S/C28H31N7O/c1-19-17-35-26(31-27(19)33-14-11-22(29)18-33)16-23(32-35)25-9-5-6-13-34(25)28(36)24-15-21(10-12-30-24)20-7-3-2-4-8-20/h2-4,7-8,10,12,15-17,22,25H,5-6,9,11,13-14,18,29H2,1H3/t22-,25-/m0/s1. The summed E-state index contributed by atoms with van der Waals surface area (Å²) in [6.07, 6.45) is 7.65. The Morgan fingerprint density at radius 1 is 1.03 bits per heavy atom. The van der Waals surface area contributed by atoms with Gasteiger partial charge < -0.3 is 15.5 Å². The van der Waals surface area contributed by atoms with E-state index in [4.69, 9.17) is 15.8 Å². The van der Waals surface area contributed by atoms with Gasteiger partial charge in [0.25, 0.3) is 5.91 Å². The quantitative estimate of drug-likeness (QED) is 0.474. The van der Waals surface area contributed by atoms with E-state index in [1.54, 1.807) is 6.20 Å². The number of pyridine rings is 1. The fourth-order valence-corrected chi connectivity index (χ4v) is 5.47. The highest BCUT2D eigenvalue weighted by atomic mass is 16.2. The molecule has 6 rings (SSSR count). The van der Waals surface area contributed by atoms with E-state index in [9.17, 15) is 4.79 Å². The van der Waals surface area contributed by atoms with Crippen LogP contribution in [0, 0.1) is 6.92 Å². The van der Waals surface area contributed by atoms with E-state index in [1.807, 2.05) is 64.1 Å². The smallest absolute Gasteiger partial charge is 0.273 e. The molecule has 2 aliphatic heterocycles. The number of piperidine rings is 1. The van der Waals surface area contributed by atoms with Crippen LogP contribution in [0.2, 0.25) is 0 Å². The minimum atomic E-state index is -0.0981. The van der Waals surface area contributed by atoms with Gasteiger partial charge in [0.2, 0.25) is 0 Å². The van der Waals surface area contributed by atoms with Crippen LogP contribution >= 0.6 is 0 Å². The molecule has 0 radical (unpaired) electrons. The summed E-state index contributed by atoms with van der Waals surface area (Å²) in [4.78, 5) is 27.3. The molecule has 2 fully saturated rings. The average molecular weight is 482 g/mol. The number of carbonyl (C=O) groups excluding carboxylic acids is 1. The molecule has 0 saturated carbocycles. The number of likely N-dealkylation sites (tertiary alicyclic amines) is 1. The van der Waals surface area contributed by atoms with Crippen molar-refractivity contribution in [2.75, 3.05) is 24.5 Å². The minimum absolute atomic E-state index is 0.0505. The molecule has 2 saturated heterocycles. The van der Waals surface area contributed by atoms with Crippen LogP contribution in [0.15, 0.2) is 60.9 Å². The molecular weight excluding hydrogens is 450 g/mol. The zero-order valence-corrected chi connectivity index (χ0v) is 20.5. The van der Waals surface area contributed by atoms with Crippen LogP contribution in [0.4, 0.5) is 5.82 Å². The summed E-state index contributed by atoms with van der Waals surface area (Å²) in [5.41, 5.74) is 11.4. The summed E-state index contributed by atoms with van der Waals surface area (Å²) in [7, 11) is 0. The largest absolute Gasteiger partial charge is 0.355 e. The number of amides is 1. The van der Waals surface area contributed by atoms with E-state index < -0.39 is 0 Å². The number of nitrogens with two attached hydrogens (primary N) is 1. The van der Waals surface area contributed by atoms with Crippen molar-refractivity contribution < 1.29 is 4.79 Å². The van der Waals surface area contributed by atoms with Crippen molar-refractivity contribution >= 4 is 17.4 Å². The van der Waals surface area contributed by atoms with Crippen LogP contribution in [0.25, 0.3) is 16.8 Å². The summed E-state index contributed by atoms with van der Waals surface area (Å²) in [6, 6.07) is 16.0. The van der Waals surface area contributed by atoms with Gasteiger partial charge in [-0.1, -0.05) is 30.3 Å². The highest BCUT2D eigenvalue weighted by molar-refractivity contribution is 5.94. The molecule has 2 aliphatic rings. The lowest BCUT2D eigenvalue weighted by molar-refractivity contribution is 0.0599. The molecule has 1 aromatic carbocycles. The number of aryl methyl sites for hydroxylation is 1. The first-order valence-electron chi connectivity index (χ1n) is 12.8. The maximum atomic E-state index is 13.7. The van der Waals surface area contributed by atoms with Crippen molar-refractivity contribution in [3.8, 4) is 11.1 Å². The van der Waals surface area contributed by atoms with Gasteiger partial charge in [0, 0.05) is 49.7 Å². The second kappa shape index (κ2) is 9.35. The number of rotatable bonds is 4. The van der Waals surface area contributed by atoms with Crippen LogP contribution < -0.4 is 10.6 Å². The molecule has 2 N–H and O–H groups in total.